The number of nitrogens with one attached hydrogen (secondary N) is 1. The minimum absolute atomic E-state index is 0.302. The molecule has 84 valence electrons. The molecular weight excluding hydrogens is 226 g/mol. The lowest BCUT2D eigenvalue weighted by molar-refractivity contribution is 0.327. The van der Waals surface area contributed by atoms with Gasteiger partial charge in [0.05, 0.1) is 18.5 Å². The Morgan fingerprint density at radius 2 is 2.38 bits per heavy atom. The second-order valence-corrected chi connectivity index (χ2v) is 3.40. The van der Waals surface area contributed by atoms with Gasteiger partial charge in [-0.25, -0.2) is 10.1 Å². The predicted octanol–water partition coefficient (Wildman–Crippen LogP) is 1.31. The number of ether oxygens (including phenoxy) is 1. The third-order valence-corrected chi connectivity index (χ3v) is 2.24. The molecule has 0 amide bonds. The van der Waals surface area contributed by atoms with Crippen molar-refractivity contribution in [3.8, 4) is 11.6 Å². The molecule has 2 heterocycles. The summed E-state index contributed by atoms with van der Waals surface area (Å²) in [6, 6.07) is 3.58. The molecule has 0 spiro atoms. The Hall–Kier alpha value is -1.89. The first-order chi connectivity index (χ1) is 7.72. The van der Waals surface area contributed by atoms with Crippen LogP contribution in [0.4, 0.5) is 5.95 Å². The fourth-order valence-corrected chi connectivity index (χ4v) is 1.54. The lowest BCUT2D eigenvalue weighted by Gasteiger charge is -2.05. The number of hydrogen-bond acceptors (Lipinski definition) is 5. The third kappa shape index (κ3) is 1.89. The van der Waals surface area contributed by atoms with Gasteiger partial charge < -0.3 is 10.5 Å². The maximum absolute atomic E-state index is 5.67. The van der Waals surface area contributed by atoms with Gasteiger partial charge in [-0.3, -0.25) is 4.57 Å². The zero-order valence-corrected chi connectivity index (χ0v) is 9.49. The van der Waals surface area contributed by atoms with E-state index in [1.54, 1.807) is 16.8 Å². The number of anilines is 1. The van der Waals surface area contributed by atoms with E-state index in [1.165, 1.54) is 0 Å². The maximum Gasteiger partial charge on any atom is 0.225 e. The molecule has 2 aromatic rings. The van der Waals surface area contributed by atoms with Crippen LogP contribution in [0.25, 0.3) is 5.69 Å². The molecule has 2 rings (SSSR count). The van der Waals surface area contributed by atoms with Gasteiger partial charge in [0, 0.05) is 6.07 Å². The van der Waals surface area contributed by atoms with E-state index in [-0.39, 0.29) is 0 Å². The number of rotatable bonds is 3. The average molecular weight is 237 g/mol. The molecule has 3 N–H and O–H groups in total. The first-order valence-electron chi connectivity index (χ1n) is 4.74. The topological polar surface area (TPSA) is 81.8 Å². The van der Waals surface area contributed by atoms with Crippen molar-refractivity contribution in [1.29, 1.82) is 0 Å². The minimum Gasteiger partial charge on any atom is -0.478 e. The Kier molecular flexibility index (Phi) is 2.86. The van der Waals surface area contributed by atoms with E-state index in [4.69, 9.17) is 22.7 Å². The van der Waals surface area contributed by atoms with Gasteiger partial charge in [-0.1, -0.05) is 0 Å². The monoisotopic (exact) mass is 237 g/mol. The second-order valence-electron chi connectivity index (χ2n) is 3.01. The second kappa shape index (κ2) is 4.31. The molecule has 0 saturated heterocycles. The molecule has 2 aromatic heterocycles. The highest BCUT2D eigenvalue weighted by molar-refractivity contribution is 7.71. The summed E-state index contributed by atoms with van der Waals surface area (Å²) in [5.74, 6) is 0.871. The number of aromatic amines is 1. The lowest BCUT2D eigenvalue weighted by Crippen LogP contribution is -2.02. The number of nitrogens with zero attached hydrogens (tertiary/aromatic N) is 3. The van der Waals surface area contributed by atoms with E-state index in [9.17, 15) is 0 Å². The molecule has 0 radical (unpaired) electrons. The zero-order valence-electron chi connectivity index (χ0n) is 8.67. The number of pyridine rings is 1. The van der Waals surface area contributed by atoms with Crippen LogP contribution in [-0.2, 0) is 0 Å². The molecule has 0 saturated carbocycles. The maximum atomic E-state index is 5.67. The van der Waals surface area contributed by atoms with E-state index in [0.29, 0.717) is 23.2 Å². The van der Waals surface area contributed by atoms with Crippen LogP contribution in [0.3, 0.4) is 0 Å². The standard InChI is InChI=1S/C9H11N5OS/c1-2-15-7-4-3-6(5-11-7)14-8(10)12-13-9(14)16/h3-5H,2H2,1H3,(H2,10,12)(H,13,16). The summed E-state index contributed by atoms with van der Waals surface area (Å²) in [7, 11) is 0. The Balaban J connectivity index is 2.39. The summed E-state index contributed by atoms with van der Waals surface area (Å²) in [5, 5.41) is 6.42. The summed E-state index contributed by atoms with van der Waals surface area (Å²) < 4.78 is 7.27. The fraction of sp³-hybridized carbons (Fsp3) is 0.222. The highest BCUT2D eigenvalue weighted by Crippen LogP contribution is 2.14. The normalized spacial score (nSPS) is 10.3. The molecule has 16 heavy (non-hydrogen) atoms. The van der Waals surface area contributed by atoms with Crippen LogP contribution < -0.4 is 10.5 Å². The van der Waals surface area contributed by atoms with Gasteiger partial charge >= 0.3 is 0 Å². The van der Waals surface area contributed by atoms with Crippen LogP contribution in [0, 0.1) is 4.77 Å². The van der Waals surface area contributed by atoms with Crippen molar-refractivity contribution in [2.24, 2.45) is 0 Å². The van der Waals surface area contributed by atoms with E-state index < -0.39 is 0 Å². The highest BCUT2D eigenvalue weighted by atomic mass is 32.1. The van der Waals surface area contributed by atoms with Crippen LogP contribution in [-0.4, -0.2) is 26.4 Å². The smallest absolute Gasteiger partial charge is 0.225 e. The van der Waals surface area contributed by atoms with Crippen molar-refractivity contribution < 1.29 is 4.74 Å². The van der Waals surface area contributed by atoms with Crippen LogP contribution >= 0.6 is 12.2 Å². The summed E-state index contributed by atoms with van der Waals surface area (Å²) >= 11 is 5.04. The van der Waals surface area contributed by atoms with Crippen LogP contribution in [0.15, 0.2) is 18.3 Å². The molecule has 0 atom stereocenters. The molecule has 0 aliphatic heterocycles. The molecule has 0 aliphatic carbocycles. The van der Waals surface area contributed by atoms with Crippen molar-refractivity contribution in [1.82, 2.24) is 19.7 Å². The van der Waals surface area contributed by atoms with Crippen molar-refractivity contribution in [2.75, 3.05) is 12.3 Å². The lowest BCUT2D eigenvalue weighted by atomic mass is 10.4. The van der Waals surface area contributed by atoms with Crippen molar-refractivity contribution in [2.45, 2.75) is 6.92 Å². The third-order valence-electron chi connectivity index (χ3n) is 1.97. The number of nitrogen functional groups attached to an aromatic ring is 1. The minimum atomic E-state index is 0.302. The molecule has 7 heteroatoms. The molecular formula is C9H11N5OS. The van der Waals surface area contributed by atoms with Crippen molar-refractivity contribution in [3.05, 3.63) is 23.1 Å². The molecule has 0 fully saturated rings. The van der Waals surface area contributed by atoms with E-state index in [2.05, 4.69) is 15.2 Å². The first-order valence-corrected chi connectivity index (χ1v) is 5.15. The SMILES string of the molecule is CCOc1ccc(-n2c(N)n[nH]c2=S)cn1. The first kappa shape index (κ1) is 10.6. The number of H-pyrrole nitrogens is 1. The van der Waals surface area contributed by atoms with Gasteiger partial charge in [-0.2, -0.15) is 0 Å². The van der Waals surface area contributed by atoms with Crippen molar-refractivity contribution >= 4 is 18.2 Å². The Labute approximate surface area is 97.1 Å². The van der Waals surface area contributed by atoms with Gasteiger partial charge in [0.25, 0.3) is 0 Å². The Morgan fingerprint density at radius 1 is 1.56 bits per heavy atom. The van der Waals surface area contributed by atoms with Crippen LogP contribution in [0.5, 0.6) is 5.88 Å². The van der Waals surface area contributed by atoms with Gasteiger partial charge in [-0.15, -0.1) is 5.10 Å². The van der Waals surface area contributed by atoms with Crippen LogP contribution in [0.1, 0.15) is 6.92 Å². The number of aromatic nitrogens is 4. The average Bonchev–Trinajstić information content (AvgIpc) is 2.61. The van der Waals surface area contributed by atoms with Crippen LogP contribution in [0.2, 0.25) is 0 Å². The van der Waals surface area contributed by atoms with E-state index in [1.807, 2.05) is 13.0 Å². The Bertz CT molecular complexity index is 530. The summed E-state index contributed by atoms with van der Waals surface area (Å²) in [6.07, 6.45) is 1.63. The quantitative estimate of drug-likeness (QED) is 0.786. The summed E-state index contributed by atoms with van der Waals surface area (Å²) in [4.78, 5) is 4.12. The molecule has 0 aromatic carbocycles. The van der Waals surface area contributed by atoms with Gasteiger partial charge in [0.15, 0.2) is 0 Å². The van der Waals surface area contributed by atoms with E-state index in [0.717, 1.165) is 5.69 Å². The number of hydrogen-bond donors (Lipinski definition) is 2. The molecule has 0 unspecified atom stereocenters. The molecule has 0 aliphatic rings. The van der Waals surface area contributed by atoms with E-state index >= 15 is 0 Å². The van der Waals surface area contributed by atoms with Gasteiger partial charge in [-0.05, 0) is 25.2 Å². The zero-order chi connectivity index (χ0) is 11.5. The predicted molar refractivity (Wildman–Crippen MR) is 62.1 cm³/mol. The highest BCUT2D eigenvalue weighted by Gasteiger charge is 2.05. The molecule has 6 nitrogen and oxygen atoms in total. The number of nitrogens with two attached hydrogens (primary N) is 1. The largest absolute Gasteiger partial charge is 0.478 e. The van der Waals surface area contributed by atoms with Gasteiger partial charge in [0.1, 0.15) is 0 Å². The summed E-state index contributed by atoms with van der Waals surface area (Å²) in [6.45, 7) is 2.49. The summed E-state index contributed by atoms with van der Waals surface area (Å²) in [5.41, 5.74) is 6.41. The van der Waals surface area contributed by atoms with Gasteiger partial charge in [0.2, 0.25) is 16.6 Å². The Morgan fingerprint density at radius 3 is 2.88 bits per heavy atom. The fourth-order valence-electron chi connectivity index (χ4n) is 1.30. The van der Waals surface area contributed by atoms with Crippen molar-refractivity contribution in [3.63, 3.8) is 0 Å². The molecule has 0 bridgehead atoms.